The van der Waals surface area contributed by atoms with Crippen molar-refractivity contribution in [2.24, 2.45) is 0 Å². The number of nitrogens with one attached hydrogen (secondary N) is 1. The Labute approximate surface area is 145 Å². The minimum atomic E-state index is -4.54. The molecule has 0 radical (unpaired) electrons. The minimum Gasteiger partial charge on any atom is -0.507 e. The van der Waals surface area contributed by atoms with Crippen LogP contribution in [0.3, 0.4) is 0 Å². The lowest BCUT2D eigenvalue weighted by molar-refractivity contribution is -0.137. The van der Waals surface area contributed by atoms with E-state index < -0.39 is 17.6 Å². The number of aromatic hydroxyl groups is 1. The summed E-state index contributed by atoms with van der Waals surface area (Å²) in [5, 5.41) is 17.5. The third-order valence-corrected chi connectivity index (χ3v) is 4.37. The van der Waals surface area contributed by atoms with Gasteiger partial charge in [0.25, 0.3) is 5.91 Å². The zero-order chi connectivity index (χ0) is 18.2. The number of hydrogen-bond acceptors (Lipinski definition) is 4. The smallest absolute Gasteiger partial charge is 0.416 e. The number of carbonyl (C=O) groups is 1. The Balaban J connectivity index is 1.96. The van der Waals surface area contributed by atoms with Gasteiger partial charge in [-0.2, -0.15) is 13.2 Å². The second-order valence-corrected chi connectivity index (χ2v) is 6.19. The largest absolute Gasteiger partial charge is 0.507 e. The van der Waals surface area contributed by atoms with E-state index in [0.717, 1.165) is 28.8 Å². The molecule has 0 aromatic heterocycles. The van der Waals surface area contributed by atoms with Crippen LogP contribution in [0.1, 0.15) is 11.1 Å². The van der Waals surface area contributed by atoms with Gasteiger partial charge in [0.15, 0.2) is 5.17 Å². The summed E-state index contributed by atoms with van der Waals surface area (Å²) in [5.41, 5.74) is -0.538. The predicted octanol–water partition coefficient (Wildman–Crippen LogP) is 4.47. The number of hydrogen-bond donors (Lipinski definition) is 2. The molecule has 1 aliphatic heterocycles. The van der Waals surface area contributed by atoms with Gasteiger partial charge in [-0.05, 0) is 42.1 Å². The van der Waals surface area contributed by atoms with Crippen molar-refractivity contribution >= 4 is 34.6 Å². The van der Waals surface area contributed by atoms with E-state index in [1.165, 1.54) is 24.3 Å². The summed E-state index contributed by atoms with van der Waals surface area (Å²) in [6.45, 7) is 0. The van der Waals surface area contributed by atoms with E-state index in [9.17, 15) is 23.1 Å². The third-order valence-electron chi connectivity index (χ3n) is 3.48. The molecule has 1 amide bonds. The normalized spacial score (nSPS) is 16.8. The highest BCUT2D eigenvalue weighted by atomic mass is 32.2. The third kappa shape index (κ3) is 3.39. The average Bonchev–Trinajstić information content (AvgIpc) is 2.83. The maximum atomic E-state index is 12.9. The summed E-state index contributed by atoms with van der Waals surface area (Å²) in [6, 6.07) is 10.6. The van der Waals surface area contributed by atoms with Crippen molar-refractivity contribution in [1.82, 2.24) is 0 Å². The van der Waals surface area contributed by atoms with Crippen LogP contribution in [0.5, 0.6) is 5.75 Å². The van der Waals surface area contributed by atoms with Crippen molar-refractivity contribution in [2.45, 2.75) is 6.18 Å². The topological polar surface area (TPSA) is 64.4 Å². The zero-order valence-corrected chi connectivity index (χ0v) is 13.4. The molecule has 25 heavy (non-hydrogen) atoms. The van der Waals surface area contributed by atoms with Crippen LogP contribution in [0.4, 0.5) is 18.9 Å². The van der Waals surface area contributed by atoms with E-state index in [0.29, 0.717) is 5.56 Å². The number of anilines is 1. The van der Waals surface area contributed by atoms with Gasteiger partial charge >= 0.3 is 6.18 Å². The van der Waals surface area contributed by atoms with Crippen molar-refractivity contribution in [1.29, 1.82) is 5.41 Å². The molecule has 0 bridgehead atoms. The monoisotopic (exact) mass is 364 g/mol. The SMILES string of the molecule is N=C1S/C(=C\c2ccccc2O)C(=O)N1c1cccc(C(F)(F)F)c1. The fourth-order valence-corrected chi connectivity index (χ4v) is 3.15. The Morgan fingerprint density at radius 2 is 1.84 bits per heavy atom. The second kappa shape index (κ2) is 6.29. The first-order valence-electron chi connectivity index (χ1n) is 7.05. The number of benzene rings is 2. The number of halogens is 3. The van der Waals surface area contributed by atoms with Crippen molar-refractivity contribution in [3.8, 4) is 5.75 Å². The molecule has 0 aliphatic carbocycles. The van der Waals surface area contributed by atoms with Crippen molar-refractivity contribution < 1.29 is 23.1 Å². The number of nitrogens with zero attached hydrogens (tertiary/aromatic N) is 1. The van der Waals surface area contributed by atoms with Crippen LogP contribution >= 0.6 is 11.8 Å². The van der Waals surface area contributed by atoms with Crippen molar-refractivity contribution in [3.63, 3.8) is 0 Å². The summed E-state index contributed by atoms with van der Waals surface area (Å²) in [4.78, 5) is 13.6. The Kier molecular flexibility index (Phi) is 4.30. The van der Waals surface area contributed by atoms with Crippen molar-refractivity contribution in [3.05, 3.63) is 64.6 Å². The molecule has 0 atom stereocenters. The predicted molar refractivity (Wildman–Crippen MR) is 90.3 cm³/mol. The highest BCUT2D eigenvalue weighted by molar-refractivity contribution is 8.19. The van der Waals surface area contributed by atoms with E-state index in [-0.39, 0.29) is 21.5 Å². The molecule has 8 heteroatoms. The lowest BCUT2D eigenvalue weighted by Gasteiger charge is -2.16. The van der Waals surface area contributed by atoms with E-state index in [4.69, 9.17) is 5.41 Å². The first kappa shape index (κ1) is 17.1. The van der Waals surface area contributed by atoms with Gasteiger partial charge < -0.3 is 5.11 Å². The number of amides is 1. The molecule has 2 aromatic carbocycles. The minimum absolute atomic E-state index is 0.0296. The Morgan fingerprint density at radius 1 is 1.12 bits per heavy atom. The number of amidine groups is 1. The second-order valence-electron chi connectivity index (χ2n) is 5.16. The number of thioether (sulfide) groups is 1. The number of alkyl halides is 3. The van der Waals surface area contributed by atoms with Crippen molar-refractivity contribution in [2.75, 3.05) is 4.90 Å². The fourth-order valence-electron chi connectivity index (χ4n) is 2.29. The van der Waals surface area contributed by atoms with E-state index in [1.54, 1.807) is 18.2 Å². The van der Waals surface area contributed by atoms with Crippen LogP contribution in [0, 0.1) is 5.41 Å². The molecule has 1 saturated heterocycles. The summed E-state index contributed by atoms with van der Waals surface area (Å²) < 4.78 is 38.6. The van der Waals surface area contributed by atoms with Gasteiger partial charge in [-0.3, -0.25) is 15.1 Å². The van der Waals surface area contributed by atoms with Crippen LogP contribution in [0.15, 0.2) is 53.4 Å². The van der Waals surface area contributed by atoms with Gasteiger partial charge in [0.05, 0.1) is 16.2 Å². The molecule has 0 saturated carbocycles. The molecule has 2 aromatic rings. The summed E-state index contributed by atoms with van der Waals surface area (Å²) in [7, 11) is 0. The summed E-state index contributed by atoms with van der Waals surface area (Å²) in [5.74, 6) is -0.648. The molecular weight excluding hydrogens is 353 g/mol. The van der Waals surface area contributed by atoms with Gasteiger partial charge in [-0.1, -0.05) is 24.3 Å². The molecule has 1 aliphatic rings. The van der Waals surface area contributed by atoms with E-state index >= 15 is 0 Å². The Hall–Kier alpha value is -2.74. The first-order valence-corrected chi connectivity index (χ1v) is 7.87. The maximum Gasteiger partial charge on any atom is 0.416 e. The Morgan fingerprint density at radius 3 is 2.52 bits per heavy atom. The zero-order valence-electron chi connectivity index (χ0n) is 12.5. The first-order chi connectivity index (χ1) is 11.8. The number of para-hydroxylation sites is 1. The highest BCUT2D eigenvalue weighted by Gasteiger charge is 2.36. The number of carbonyl (C=O) groups excluding carboxylic acids is 1. The van der Waals surface area contributed by atoms with Crippen LogP contribution in [-0.2, 0) is 11.0 Å². The van der Waals surface area contributed by atoms with Gasteiger partial charge in [-0.15, -0.1) is 0 Å². The molecule has 4 nitrogen and oxygen atoms in total. The summed E-state index contributed by atoms with van der Waals surface area (Å²) >= 11 is 0.822. The average molecular weight is 364 g/mol. The van der Waals surface area contributed by atoms with Crippen LogP contribution < -0.4 is 4.90 Å². The molecule has 0 unspecified atom stereocenters. The molecule has 1 fully saturated rings. The molecular formula is C17H11F3N2O2S. The van der Waals surface area contributed by atoms with Crippen LogP contribution in [-0.4, -0.2) is 16.2 Å². The molecule has 0 spiro atoms. The van der Waals surface area contributed by atoms with Crippen LogP contribution in [0.2, 0.25) is 0 Å². The number of rotatable bonds is 2. The standard InChI is InChI=1S/C17H11F3N2O2S/c18-17(19,20)11-5-3-6-12(9-11)22-15(24)14(25-16(22)21)8-10-4-1-2-7-13(10)23/h1-9,21,23H/b14-8-,21-16?. The fraction of sp³-hybridized carbons (Fsp3) is 0.0588. The lowest BCUT2D eigenvalue weighted by atomic mass is 10.1. The van der Waals surface area contributed by atoms with E-state index in [2.05, 4.69) is 0 Å². The Bertz CT molecular complexity index is 893. The van der Waals surface area contributed by atoms with Crippen LogP contribution in [0.25, 0.3) is 6.08 Å². The maximum absolute atomic E-state index is 12.9. The molecule has 2 N–H and O–H groups in total. The molecule has 3 rings (SSSR count). The number of phenols is 1. The molecule has 128 valence electrons. The van der Waals surface area contributed by atoms with Gasteiger partial charge in [0.1, 0.15) is 5.75 Å². The van der Waals surface area contributed by atoms with Gasteiger partial charge in [-0.25, -0.2) is 0 Å². The van der Waals surface area contributed by atoms with E-state index in [1.807, 2.05) is 0 Å². The quantitative estimate of drug-likeness (QED) is 0.773. The number of phenolic OH excluding ortho intramolecular Hbond substituents is 1. The summed E-state index contributed by atoms with van der Waals surface area (Å²) in [6.07, 6.45) is -3.13. The van der Waals surface area contributed by atoms with Gasteiger partial charge in [0, 0.05) is 5.56 Å². The lowest BCUT2D eigenvalue weighted by Crippen LogP contribution is -2.28. The highest BCUT2D eigenvalue weighted by Crippen LogP contribution is 2.38. The van der Waals surface area contributed by atoms with Gasteiger partial charge in [0.2, 0.25) is 0 Å². The molecule has 1 heterocycles.